The molecule has 1 N–H and O–H groups in total. The first-order valence-electron chi connectivity index (χ1n) is 8.35. The van der Waals surface area contributed by atoms with Crippen LogP contribution in [0.5, 0.6) is 0 Å². The molecule has 0 fully saturated rings. The van der Waals surface area contributed by atoms with Crippen LogP contribution in [0.3, 0.4) is 0 Å². The monoisotopic (exact) mass is 408 g/mol. The van der Waals surface area contributed by atoms with Crippen LogP contribution in [0.1, 0.15) is 20.3 Å². The van der Waals surface area contributed by atoms with E-state index in [-0.39, 0.29) is 27.7 Å². The van der Waals surface area contributed by atoms with Crippen LogP contribution in [0.25, 0.3) is 11.5 Å². The van der Waals surface area contributed by atoms with Crippen molar-refractivity contribution < 1.29 is 17.2 Å². The van der Waals surface area contributed by atoms with Gasteiger partial charge < -0.3 is 9.73 Å². The summed E-state index contributed by atoms with van der Waals surface area (Å²) in [5, 5.41) is 3.25. The lowest BCUT2D eigenvalue weighted by Gasteiger charge is -2.11. The van der Waals surface area contributed by atoms with Crippen LogP contribution in [-0.2, 0) is 9.84 Å². The highest BCUT2D eigenvalue weighted by molar-refractivity contribution is 7.91. The fourth-order valence-corrected chi connectivity index (χ4v) is 3.74. The van der Waals surface area contributed by atoms with Gasteiger partial charge >= 0.3 is 0 Å². The number of benzene rings is 2. The number of rotatable bonds is 6. The zero-order valence-corrected chi connectivity index (χ0v) is 16.3. The molecule has 1 unspecified atom stereocenters. The summed E-state index contributed by atoms with van der Waals surface area (Å²) in [7, 11) is -3.94. The summed E-state index contributed by atoms with van der Waals surface area (Å²) in [6.45, 7) is 3.86. The van der Waals surface area contributed by atoms with Crippen LogP contribution in [0.4, 0.5) is 10.3 Å². The molecule has 0 aliphatic heterocycles. The molecule has 2 aromatic carbocycles. The van der Waals surface area contributed by atoms with E-state index in [2.05, 4.69) is 10.3 Å². The Hall–Kier alpha value is -2.38. The van der Waals surface area contributed by atoms with Gasteiger partial charge in [0.15, 0.2) is 0 Å². The number of nitrogens with zero attached hydrogens (tertiary/aromatic N) is 1. The van der Waals surface area contributed by atoms with Crippen LogP contribution >= 0.6 is 11.6 Å². The molecule has 27 heavy (non-hydrogen) atoms. The van der Waals surface area contributed by atoms with Crippen molar-refractivity contribution in [2.45, 2.75) is 36.2 Å². The molecule has 0 spiro atoms. The van der Waals surface area contributed by atoms with Crippen LogP contribution in [-0.4, -0.2) is 19.4 Å². The van der Waals surface area contributed by atoms with Crippen LogP contribution in [0, 0.1) is 5.82 Å². The fraction of sp³-hybridized carbons (Fsp3) is 0.211. The maximum absolute atomic E-state index is 13.2. The molecule has 0 aliphatic rings. The summed E-state index contributed by atoms with van der Waals surface area (Å²) in [5.41, 5.74) is 0.473. The van der Waals surface area contributed by atoms with Crippen molar-refractivity contribution in [2.24, 2.45) is 0 Å². The summed E-state index contributed by atoms with van der Waals surface area (Å²) in [4.78, 5) is 4.25. The van der Waals surface area contributed by atoms with Crippen LogP contribution in [0.15, 0.2) is 62.9 Å². The Kier molecular flexibility index (Phi) is 5.53. The standard InChI is InChI=1S/C19H18ClFN2O3S/c1-3-12(2)22-18-19(27(24,25)16-10-6-14(20)7-11-16)23-17(26-18)13-4-8-15(21)9-5-13/h4-12,22H,3H2,1-2H3. The Labute approximate surface area is 162 Å². The number of anilines is 1. The highest BCUT2D eigenvalue weighted by Gasteiger charge is 2.29. The van der Waals surface area contributed by atoms with Gasteiger partial charge in [-0.25, -0.2) is 12.8 Å². The normalized spacial score (nSPS) is 12.7. The van der Waals surface area contributed by atoms with Crippen molar-refractivity contribution in [1.29, 1.82) is 0 Å². The van der Waals surface area contributed by atoms with Gasteiger partial charge in [0.25, 0.3) is 0 Å². The van der Waals surface area contributed by atoms with Gasteiger partial charge in [0.1, 0.15) is 5.82 Å². The van der Waals surface area contributed by atoms with E-state index in [4.69, 9.17) is 16.0 Å². The van der Waals surface area contributed by atoms with E-state index in [1.165, 1.54) is 48.5 Å². The number of oxazole rings is 1. The van der Waals surface area contributed by atoms with Gasteiger partial charge in [-0.2, -0.15) is 4.98 Å². The fourth-order valence-electron chi connectivity index (χ4n) is 2.35. The SMILES string of the molecule is CCC(C)Nc1oc(-c2ccc(F)cc2)nc1S(=O)(=O)c1ccc(Cl)cc1. The van der Waals surface area contributed by atoms with Crippen LogP contribution < -0.4 is 5.32 Å². The molecular formula is C19H18ClFN2O3S. The Morgan fingerprint density at radius 3 is 2.37 bits per heavy atom. The Morgan fingerprint density at radius 2 is 1.78 bits per heavy atom. The van der Waals surface area contributed by atoms with Crippen molar-refractivity contribution in [3.05, 3.63) is 59.4 Å². The van der Waals surface area contributed by atoms with Gasteiger partial charge in [-0.05, 0) is 61.9 Å². The molecule has 0 saturated heterocycles. The Morgan fingerprint density at radius 1 is 1.15 bits per heavy atom. The molecule has 1 atom stereocenters. The van der Waals surface area contributed by atoms with Crippen LogP contribution in [0.2, 0.25) is 5.02 Å². The topological polar surface area (TPSA) is 72.2 Å². The predicted molar refractivity (Wildman–Crippen MR) is 102 cm³/mol. The summed E-state index contributed by atoms with van der Waals surface area (Å²) < 4.78 is 45.0. The van der Waals surface area contributed by atoms with Gasteiger partial charge in [0, 0.05) is 16.6 Å². The molecule has 1 aromatic heterocycles. The summed E-state index contributed by atoms with van der Waals surface area (Å²) in [6, 6.07) is 11.3. The van der Waals surface area contributed by atoms with Crippen molar-refractivity contribution in [3.8, 4) is 11.5 Å². The summed E-state index contributed by atoms with van der Waals surface area (Å²) >= 11 is 5.85. The Bertz CT molecular complexity index is 1030. The third-order valence-corrected chi connectivity index (χ3v) is 5.99. The number of hydrogen-bond acceptors (Lipinski definition) is 5. The smallest absolute Gasteiger partial charge is 0.234 e. The lowest BCUT2D eigenvalue weighted by atomic mass is 10.2. The van der Waals surface area contributed by atoms with Crippen molar-refractivity contribution >= 4 is 27.3 Å². The Balaban J connectivity index is 2.11. The minimum atomic E-state index is -3.94. The maximum atomic E-state index is 13.2. The molecule has 0 bridgehead atoms. The van der Waals surface area contributed by atoms with Gasteiger partial charge in [0.2, 0.25) is 26.6 Å². The first-order chi connectivity index (χ1) is 12.8. The largest absolute Gasteiger partial charge is 0.419 e. The average molecular weight is 409 g/mol. The van der Waals surface area contributed by atoms with Gasteiger partial charge in [-0.15, -0.1) is 0 Å². The van der Waals surface area contributed by atoms with Gasteiger partial charge in [0.05, 0.1) is 4.90 Å². The lowest BCUT2D eigenvalue weighted by Crippen LogP contribution is -2.15. The zero-order valence-electron chi connectivity index (χ0n) is 14.7. The highest BCUT2D eigenvalue weighted by atomic mass is 35.5. The maximum Gasteiger partial charge on any atom is 0.234 e. The molecule has 0 saturated carbocycles. The lowest BCUT2D eigenvalue weighted by molar-refractivity contribution is 0.565. The highest BCUT2D eigenvalue weighted by Crippen LogP contribution is 2.33. The molecule has 1 heterocycles. The molecule has 142 valence electrons. The van der Waals surface area contributed by atoms with Crippen molar-refractivity contribution in [3.63, 3.8) is 0 Å². The van der Waals surface area contributed by atoms with Gasteiger partial charge in [-0.3, -0.25) is 0 Å². The quantitative estimate of drug-likeness (QED) is 0.608. The number of halogens is 2. The second-order valence-electron chi connectivity index (χ2n) is 6.07. The van der Waals surface area contributed by atoms with E-state index in [1.807, 2.05) is 13.8 Å². The van der Waals surface area contributed by atoms with E-state index in [9.17, 15) is 12.8 Å². The summed E-state index contributed by atoms with van der Waals surface area (Å²) in [6.07, 6.45) is 0.757. The predicted octanol–water partition coefficient (Wildman–Crippen LogP) is 5.18. The first-order valence-corrected chi connectivity index (χ1v) is 10.2. The third-order valence-electron chi connectivity index (χ3n) is 4.06. The molecular weight excluding hydrogens is 391 g/mol. The average Bonchev–Trinajstić information content (AvgIpc) is 3.07. The number of nitrogens with one attached hydrogen (secondary N) is 1. The number of hydrogen-bond donors (Lipinski definition) is 1. The molecule has 5 nitrogen and oxygen atoms in total. The molecule has 3 aromatic rings. The minimum absolute atomic E-state index is 0.0295. The van der Waals surface area contributed by atoms with E-state index < -0.39 is 15.7 Å². The second-order valence-corrected chi connectivity index (χ2v) is 8.37. The van der Waals surface area contributed by atoms with Crippen molar-refractivity contribution in [2.75, 3.05) is 5.32 Å². The van der Waals surface area contributed by atoms with E-state index >= 15 is 0 Å². The van der Waals surface area contributed by atoms with E-state index in [1.54, 1.807) is 0 Å². The van der Waals surface area contributed by atoms with E-state index in [0.717, 1.165) is 6.42 Å². The molecule has 3 rings (SSSR count). The second kappa shape index (κ2) is 7.70. The van der Waals surface area contributed by atoms with E-state index in [0.29, 0.717) is 10.6 Å². The van der Waals surface area contributed by atoms with Crippen molar-refractivity contribution in [1.82, 2.24) is 4.98 Å². The first kappa shape index (κ1) is 19.4. The molecule has 0 amide bonds. The minimum Gasteiger partial charge on any atom is -0.419 e. The molecule has 0 aliphatic carbocycles. The zero-order chi connectivity index (χ0) is 19.6. The molecule has 8 heteroatoms. The number of sulfone groups is 1. The summed E-state index contributed by atoms with van der Waals surface area (Å²) in [5.74, 6) is -0.260. The third kappa shape index (κ3) is 4.14. The molecule has 0 radical (unpaired) electrons. The number of aromatic nitrogens is 1. The van der Waals surface area contributed by atoms with Gasteiger partial charge in [-0.1, -0.05) is 18.5 Å².